The Morgan fingerprint density at radius 3 is 2.04 bits per heavy atom. The molecule has 0 amide bonds. The molecule has 0 bridgehead atoms. The van der Waals surface area contributed by atoms with E-state index in [9.17, 15) is 0 Å². The van der Waals surface area contributed by atoms with Crippen LogP contribution in [0.4, 0.5) is 0 Å². The van der Waals surface area contributed by atoms with Gasteiger partial charge in [0, 0.05) is 16.4 Å². The van der Waals surface area contributed by atoms with Gasteiger partial charge in [0.1, 0.15) is 11.5 Å². The van der Waals surface area contributed by atoms with Crippen LogP contribution in [-0.4, -0.2) is 0 Å². The summed E-state index contributed by atoms with van der Waals surface area (Å²) in [6.45, 7) is 4.81. The Hall–Kier alpha value is -5.66. The maximum Gasteiger partial charge on any atom is 0.135 e. The van der Waals surface area contributed by atoms with Crippen LogP contribution >= 0.6 is 0 Å². The van der Waals surface area contributed by atoms with Crippen molar-refractivity contribution in [2.24, 2.45) is 0 Å². The van der Waals surface area contributed by atoms with Gasteiger partial charge in [-0.2, -0.15) is 0 Å². The monoisotopic (exact) mass is 586 g/mol. The highest BCUT2D eigenvalue weighted by molar-refractivity contribution is 6.11. The van der Waals surface area contributed by atoms with E-state index in [-0.39, 0.29) is 5.41 Å². The van der Waals surface area contributed by atoms with Gasteiger partial charge in [-0.3, -0.25) is 0 Å². The quantitative estimate of drug-likeness (QED) is 0.196. The van der Waals surface area contributed by atoms with Crippen molar-refractivity contribution in [3.05, 3.63) is 157 Å². The van der Waals surface area contributed by atoms with Crippen molar-refractivity contribution in [1.29, 1.82) is 0 Å². The fourth-order valence-electron chi connectivity index (χ4n) is 8.27. The van der Waals surface area contributed by atoms with Gasteiger partial charge >= 0.3 is 0 Å². The van der Waals surface area contributed by atoms with Crippen LogP contribution in [0.3, 0.4) is 0 Å². The molecule has 1 nitrogen and oxygen atoms in total. The van der Waals surface area contributed by atoms with Gasteiger partial charge < -0.3 is 4.74 Å². The molecule has 8 aromatic carbocycles. The van der Waals surface area contributed by atoms with E-state index in [0.717, 1.165) is 17.1 Å². The summed E-state index contributed by atoms with van der Waals surface area (Å²) in [7, 11) is 0. The SMILES string of the molecule is CC1(C)c2cc(-c3ccc4c5c(cccc35)-c3ccccc3O4)ccc2-c2c1c(-c1ccc3ccccc3c1)cc1ccccc21. The Balaban J connectivity index is 1.20. The van der Waals surface area contributed by atoms with Crippen molar-refractivity contribution in [3.63, 3.8) is 0 Å². The maximum absolute atomic E-state index is 6.41. The third-order valence-corrected chi connectivity index (χ3v) is 10.4. The molecule has 0 aromatic heterocycles. The van der Waals surface area contributed by atoms with E-state index < -0.39 is 0 Å². The van der Waals surface area contributed by atoms with Crippen molar-refractivity contribution in [2.75, 3.05) is 0 Å². The summed E-state index contributed by atoms with van der Waals surface area (Å²) in [5, 5.41) is 7.55. The fraction of sp³-hybridized carbons (Fsp3) is 0.0667. The lowest BCUT2D eigenvalue weighted by Crippen LogP contribution is -2.16. The van der Waals surface area contributed by atoms with E-state index in [0.29, 0.717) is 0 Å². The lowest BCUT2D eigenvalue weighted by atomic mass is 9.77. The topological polar surface area (TPSA) is 9.23 Å². The first-order chi connectivity index (χ1) is 22.6. The number of hydrogen-bond acceptors (Lipinski definition) is 1. The second-order valence-electron chi connectivity index (χ2n) is 13.3. The molecular formula is C45H30O. The Bertz CT molecular complexity index is 2590. The maximum atomic E-state index is 6.41. The standard InChI is InChI=1S/C45H30O/c1-45(2)39-26-31(32-22-23-41-42-35(32)15-9-16-36(42)34-14-7-8-17-40(34)46-41)20-21-37(39)43-33-13-6-5-12-29(33)25-38(44(43)45)30-19-18-27-10-3-4-11-28(27)24-30/h3-26H,1-2H3. The van der Waals surface area contributed by atoms with Crippen LogP contribution in [-0.2, 0) is 5.41 Å². The van der Waals surface area contributed by atoms with Gasteiger partial charge in [-0.15, -0.1) is 0 Å². The minimum atomic E-state index is -0.194. The average Bonchev–Trinajstić information content (AvgIpc) is 3.34. The molecule has 0 N–H and O–H groups in total. The number of benzene rings is 8. The van der Waals surface area contributed by atoms with E-state index in [2.05, 4.69) is 153 Å². The zero-order valence-corrected chi connectivity index (χ0v) is 25.8. The van der Waals surface area contributed by atoms with E-state index in [1.165, 1.54) is 82.4 Å². The lowest BCUT2D eigenvalue weighted by molar-refractivity contribution is 0.487. The molecule has 1 aliphatic heterocycles. The van der Waals surface area contributed by atoms with Crippen molar-refractivity contribution in [1.82, 2.24) is 0 Å². The zero-order chi connectivity index (χ0) is 30.6. The number of rotatable bonds is 2. The first-order valence-corrected chi connectivity index (χ1v) is 16.1. The van der Waals surface area contributed by atoms with Gasteiger partial charge in [0.2, 0.25) is 0 Å². The first-order valence-electron chi connectivity index (χ1n) is 16.1. The molecule has 8 aromatic rings. The Labute approximate surface area is 268 Å². The molecule has 10 rings (SSSR count). The highest BCUT2D eigenvalue weighted by Crippen LogP contribution is 2.56. The molecule has 0 radical (unpaired) electrons. The van der Waals surface area contributed by atoms with Crippen LogP contribution in [0.5, 0.6) is 11.5 Å². The molecule has 1 heterocycles. The summed E-state index contributed by atoms with van der Waals surface area (Å²) in [5.74, 6) is 1.84. The highest BCUT2D eigenvalue weighted by Gasteiger charge is 2.39. The number of hydrogen-bond donors (Lipinski definition) is 0. The smallest absolute Gasteiger partial charge is 0.135 e. The van der Waals surface area contributed by atoms with Gasteiger partial charge in [-0.25, -0.2) is 0 Å². The fourth-order valence-corrected chi connectivity index (χ4v) is 8.27. The van der Waals surface area contributed by atoms with Crippen molar-refractivity contribution in [3.8, 4) is 56.0 Å². The molecule has 46 heavy (non-hydrogen) atoms. The Kier molecular flexibility index (Phi) is 5.12. The number of ether oxygens (including phenoxy) is 1. The van der Waals surface area contributed by atoms with E-state index in [1.807, 2.05) is 6.07 Å². The molecule has 1 aliphatic carbocycles. The molecule has 0 unspecified atom stereocenters. The summed E-state index contributed by atoms with van der Waals surface area (Å²) < 4.78 is 6.41. The summed E-state index contributed by atoms with van der Waals surface area (Å²) in [6, 6.07) is 53.4. The van der Waals surface area contributed by atoms with Crippen molar-refractivity contribution >= 4 is 32.3 Å². The minimum absolute atomic E-state index is 0.194. The largest absolute Gasteiger partial charge is 0.456 e. The van der Waals surface area contributed by atoms with Gasteiger partial charge in [0.05, 0.1) is 0 Å². The van der Waals surface area contributed by atoms with E-state index >= 15 is 0 Å². The molecule has 0 saturated heterocycles. The van der Waals surface area contributed by atoms with Gasteiger partial charge in [0.15, 0.2) is 0 Å². The molecule has 0 saturated carbocycles. The average molecular weight is 587 g/mol. The highest BCUT2D eigenvalue weighted by atomic mass is 16.5. The van der Waals surface area contributed by atoms with Crippen LogP contribution in [0.25, 0.3) is 76.8 Å². The summed E-state index contributed by atoms with van der Waals surface area (Å²) >= 11 is 0. The molecular weight excluding hydrogens is 556 g/mol. The summed E-state index contributed by atoms with van der Waals surface area (Å²) in [6.07, 6.45) is 0. The van der Waals surface area contributed by atoms with Crippen LogP contribution in [0, 0.1) is 0 Å². The molecule has 216 valence electrons. The normalized spacial score (nSPS) is 13.8. The molecule has 0 fully saturated rings. The van der Waals surface area contributed by atoms with Gasteiger partial charge in [-0.1, -0.05) is 129 Å². The summed E-state index contributed by atoms with van der Waals surface area (Å²) in [5.41, 5.74) is 12.7. The van der Waals surface area contributed by atoms with Crippen LogP contribution < -0.4 is 4.74 Å². The molecule has 2 aliphatic rings. The predicted molar refractivity (Wildman–Crippen MR) is 193 cm³/mol. The summed E-state index contributed by atoms with van der Waals surface area (Å²) in [4.78, 5) is 0. The van der Waals surface area contributed by atoms with Crippen LogP contribution in [0.15, 0.2) is 146 Å². The van der Waals surface area contributed by atoms with Gasteiger partial charge in [-0.05, 0) is 107 Å². The second-order valence-corrected chi connectivity index (χ2v) is 13.3. The number of fused-ring (bicyclic) bond motifs is 8. The van der Waals surface area contributed by atoms with Crippen LogP contribution in [0.1, 0.15) is 25.0 Å². The minimum Gasteiger partial charge on any atom is -0.456 e. The molecule has 0 spiro atoms. The number of para-hydroxylation sites is 1. The Morgan fingerprint density at radius 2 is 1.13 bits per heavy atom. The second kappa shape index (κ2) is 9.19. The van der Waals surface area contributed by atoms with Crippen molar-refractivity contribution < 1.29 is 4.74 Å². The molecule has 1 heteroatoms. The van der Waals surface area contributed by atoms with Gasteiger partial charge in [0.25, 0.3) is 0 Å². The third kappa shape index (κ3) is 3.46. The van der Waals surface area contributed by atoms with Crippen molar-refractivity contribution in [2.45, 2.75) is 19.3 Å². The third-order valence-electron chi connectivity index (χ3n) is 10.4. The zero-order valence-electron chi connectivity index (χ0n) is 25.8. The molecule has 0 atom stereocenters. The first kappa shape index (κ1) is 25.6. The van der Waals surface area contributed by atoms with Crippen LogP contribution in [0.2, 0.25) is 0 Å². The predicted octanol–water partition coefficient (Wildman–Crippen LogP) is 12.6. The lowest BCUT2D eigenvalue weighted by Gasteiger charge is -2.26. The van der Waals surface area contributed by atoms with E-state index in [4.69, 9.17) is 4.74 Å². The Morgan fingerprint density at radius 1 is 0.435 bits per heavy atom. The van der Waals surface area contributed by atoms with E-state index in [1.54, 1.807) is 0 Å².